The SMILES string of the molecule is COc1cccc([C@@H](C)NC(=O)C[C@H](C)O)c1. The summed E-state index contributed by atoms with van der Waals surface area (Å²) in [5, 5.41) is 11.9. The molecule has 0 heterocycles. The number of hydrogen-bond acceptors (Lipinski definition) is 3. The van der Waals surface area contributed by atoms with E-state index in [0.29, 0.717) is 0 Å². The summed E-state index contributed by atoms with van der Waals surface area (Å²) in [7, 11) is 1.61. The lowest BCUT2D eigenvalue weighted by molar-refractivity contribution is -0.123. The maximum absolute atomic E-state index is 11.5. The van der Waals surface area contributed by atoms with Gasteiger partial charge < -0.3 is 15.2 Å². The minimum absolute atomic E-state index is 0.101. The Kier molecular flexibility index (Phi) is 4.97. The maximum atomic E-state index is 11.5. The van der Waals surface area contributed by atoms with Crippen molar-refractivity contribution in [2.45, 2.75) is 32.4 Å². The summed E-state index contributed by atoms with van der Waals surface area (Å²) in [5.74, 6) is 0.606. The quantitative estimate of drug-likeness (QED) is 0.818. The molecule has 2 N–H and O–H groups in total. The van der Waals surface area contributed by atoms with E-state index in [9.17, 15) is 4.79 Å². The first kappa shape index (κ1) is 13.5. The van der Waals surface area contributed by atoms with Gasteiger partial charge in [0.25, 0.3) is 0 Å². The first-order chi connectivity index (χ1) is 8.02. The van der Waals surface area contributed by atoms with Crippen LogP contribution in [0.1, 0.15) is 31.9 Å². The van der Waals surface area contributed by atoms with Crippen LogP contribution in [-0.4, -0.2) is 24.2 Å². The number of hydrogen-bond donors (Lipinski definition) is 2. The molecule has 0 saturated carbocycles. The van der Waals surface area contributed by atoms with E-state index in [1.807, 2.05) is 31.2 Å². The van der Waals surface area contributed by atoms with Gasteiger partial charge >= 0.3 is 0 Å². The minimum Gasteiger partial charge on any atom is -0.497 e. The number of amides is 1. The van der Waals surface area contributed by atoms with Crippen LogP contribution in [0.5, 0.6) is 5.75 Å². The molecule has 0 aliphatic heterocycles. The van der Waals surface area contributed by atoms with E-state index in [4.69, 9.17) is 9.84 Å². The lowest BCUT2D eigenvalue weighted by Crippen LogP contribution is -2.29. The Balaban J connectivity index is 2.62. The standard InChI is InChI=1S/C13H19NO3/c1-9(15)7-13(16)14-10(2)11-5-4-6-12(8-11)17-3/h4-6,8-10,15H,7H2,1-3H3,(H,14,16)/t9-,10+/m0/s1. The van der Waals surface area contributed by atoms with E-state index >= 15 is 0 Å². The summed E-state index contributed by atoms with van der Waals surface area (Å²) in [6.45, 7) is 3.49. The number of benzene rings is 1. The van der Waals surface area contributed by atoms with Crippen LogP contribution in [0, 0.1) is 0 Å². The Hall–Kier alpha value is -1.55. The first-order valence-electron chi connectivity index (χ1n) is 5.64. The number of rotatable bonds is 5. The molecule has 94 valence electrons. The number of nitrogens with one attached hydrogen (secondary N) is 1. The van der Waals surface area contributed by atoms with Crippen molar-refractivity contribution < 1.29 is 14.6 Å². The van der Waals surface area contributed by atoms with Gasteiger partial charge in [0.05, 0.1) is 25.7 Å². The van der Waals surface area contributed by atoms with Gasteiger partial charge in [-0.2, -0.15) is 0 Å². The van der Waals surface area contributed by atoms with E-state index in [2.05, 4.69) is 5.32 Å². The van der Waals surface area contributed by atoms with E-state index in [-0.39, 0.29) is 18.4 Å². The monoisotopic (exact) mass is 237 g/mol. The van der Waals surface area contributed by atoms with Gasteiger partial charge in [-0.3, -0.25) is 4.79 Å². The van der Waals surface area contributed by atoms with Crippen molar-refractivity contribution in [3.05, 3.63) is 29.8 Å². The highest BCUT2D eigenvalue weighted by molar-refractivity contribution is 5.76. The Labute approximate surface area is 102 Å². The zero-order valence-electron chi connectivity index (χ0n) is 10.4. The average Bonchev–Trinajstić information content (AvgIpc) is 2.27. The molecule has 0 aromatic heterocycles. The molecule has 0 radical (unpaired) electrons. The second-order valence-electron chi connectivity index (χ2n) is 4.12. The van der Waals surface area contributed by atoms with Crippen LogP contribution >= 0.6 is 0 Å². The molecule has 2 atom stereocenters. The molecule has 1 rings (SSSR count). The molecule has 0 aliphatic rings. The number of ether oxygens (including phenoxy) is 1. The molecule has 0 spiro atoms. The summed E-state index contributed by atoms with van der Waals surface area (Å²) in [6.07, 6.45) is -0.499. The number of carbonyl (C=O) groups excluding carboxylic acids is 1. The molecule has 0 saturated heterocycles. The Morgan fingerprint density at radius 1 is 1.47 bits per heavy atom. The predicted octanol–water partition coefficient (Wildman–Crippen LogP) is 1.64. The van der Waals surface area contributed by atoms with Gasteiger partial charge in [0.1, 0.15) is 5.75 Å². The minimum atomic E-state index is -0.618. The van der Waals surface area contributed by atoms with Crippen LogP contribution in [0.25, 0.3) is 0 Å². The molecule has 1 aromatic rings. The van der Waals surface area contributed by atoms with Gasteiger partial charge in [-0.15, -0.1) is 0 Å². The van der Waals surface area contributed by atoms with E-state index in [1.165, 1.54) is 0 Å². The van der Waals surface area contributed by atoms with Gasteiger partial charge in [0.15, 0.2) is 0 Å². The highest BCUT2D eigenvalue weighted by Gasteiger charge is 2.11. The largest absolute Gasteiger partial charge is 0.497 e. The van der Waals surface area contributed by atoms with Crippen LogP contribution in [-0.2, 0) is 4.79 Å². The van der Waals surface area contributed by atoms with Gasteiger partial charge in [-0.05, 0) is 31.5 Å². The van der Waals surface area contributed by atoms with E-state index < -0.39 is 6.10 Å². The Morgan fingerprint density at radius 3 is 2.76 bits per heavy atom. The zero-order chi connectivity index (χ0) is 12.8. The fourth-order valence-corrected chi connectivity index (χ4v) is 1.56. The number of aliphatic hydroxyl groups is 1. The molecule has 4 heteroatoms. The van der Waals surface area contributed by atoms with E-state index in [1.54, 1.807) is 14.0 Å². The van der Waals surface area contributed by atoms with Crippen molar-refractivity contribution in [3.8, 4) is 5.75 Å². The molecule has 1 aromatic carbocycles. The third-order valence-electron chi connectivity index (χ3n) is 2.45. The molecule has 0 fully saturated rings. The second kappa shape index (κ2) is 6.25. The van der Waals surface area contributed by atoms with Crippen molar-refractivity contribution >= 4 is 5.91 Å². The van der Waals surface area contributed by atoms with Gasteiger partial charge in [0, 0.05) is 0 Å². The summed E-state index contributed by atoms with van der Waals surface area (Å²) < 4.78 is 5.12. The zero-order valence-corrected chi connectivity index (χ0v) is 10.4. The second-order valence-corrected chi connectivity index (χ2v) is 4.12. The number of carbonyl (C=O) groups is 1. The molecular weight excluding hydrogens is 218 g/mol. The topological polar surface area (TPSA) is 58.6 Å². The number of methoxy groups -OCH3 is 1. The van der Waals surface area contributed by atoms with Crippen LogP contribution < -0.4 is 10.1 Å². The fraction of sp³-hybridized carbons (Fsp3) is 0.462. The third kappa shape index (κ3) is 4.44. The van der Waals surface area contributed by atoms with Crippen molar-refractivity contribution in [3.63, 3.8) is 0 Å². The van der Waals surface area contributed by atoms with Gasteiger partial charge in [0.2, 0.25) is 5.91 Å². The molecular formula is C13H19NO3. The average molecular weight is 237 g/mol. The first-order valence-corrected chi connectivity index (χ1v) is 5.64. The fourth-order valence-electron chi connectivity index (χ4n) is 1.56. The van der Waals surface area contributed by atoms with Crippen molar-refractivity contribution in [1.82, 2.24) is 5.32 Å². The lowest BCUT2D eigenvalue weighted by atomic mass is 10.1. The summed E-state index contributed by atoms with van der Waals surface area (Å²) in [6, 6.07) is 7.44. The van der Waals surface area contributed by atoms with Crippen molar-refractivity contribution in [1.29, 1.82) is 0 Å². The van der Waals surface area contributed by atoms with Crippen LogP contribution in [0.15, 0.2) is 24.3 Å². The molecule has 0 aliphatic carbocycles. The Morgan fingerprint density at radius 2 is 2.18 bits per heavy atom. The summed E-state index contributed by atoms with van der Waals surface area (Å²) >= 11 is 0. The van der Waals surface area contributed by atoms with Crippen molar-refractivity contribution in [2.75, 3.05) is 7.11 Å². The van der Waals surface area contributed by atoms with Crippen LogP contribution in [0.3, 0.4) is 0 Å². The van der Waals surface area contributed by atoms with Crippen LogP contribution in [0.2, 0.25) is 0 Å². The highest BCUT2D eigenvalue weighted by atomic mass is 16.5. The number of aliphatic hydroxyl groups excluding tert-OH is 1. The van der Waals surface area contributed by atoms with Gasteiger partial charge in [-0.25, -0.2) is 0 Å². The Bertz CT molecular complexity index is 377. The van der Waals surface area contributed by atoms with Crippen LogP contribution in [0.4, 0.5) is 0 Å². The molecule has 0 unspecified atom stereocenters. The molecule has 4 nitrogen and oxygen atoms in total. The van der Waals surface area contributed by atoms with E-state index in [0.717, 1.165) is 11.3 Å². The maximum Gasteiger partial charge on any atom is 0.223 e. The normalized spacial score (nSPS) is 13.9. The summed E-state index contributed by atoms with van der Waals surface area (Å²) in [4.78, 5) is 11.5. The third-order valence-corrected chi connectivity index (χ3v) is 2.45. The molecule has 17 heavy (non-hydrogen) atoms. The predicted molar refractivity (Wildman–Crippen MR) is 65.8 cm³/mol. The van der Waals surface area contributed by atoms with Crippen molar-refractivity contribution in [2.24, 2.45) is 0 Å². The highest BCUT2D eigenvalue weighted by Crippen LogP contribution is 2.18. The molecule has 0 bridgehead atoms. The molecule has 1 amide bonds. The lowest BCUT2D eigenvalue weighted by Gasteiger charge is -2.15. The van der Waals surface area contributed by atoms with Gasteiger partial charge in [-0.1, -0.05) is 12.1 Å². The smallest absolute Gasteiger partial charge is 0.223 e. The summed E-state index contributed by atoms with van der Waals surface area (Å²) in [5.41, 5.74) is 0.975.